The zero-order valence-corrected chi connectivity index (χ0v) is 12.0. The van der Waals surface area contributed by atoms with E-state index < -0.39 is 0 Å². The number of phenolic OH excluding ortho intramolecular Hbond substituents is 1. The fourth-order valence-corrected chi connectivity index (χ4v) is 2.10. The van der Waals surface area contributed by atoms with Gasteiger partial charge in [-0.3, -0.25) is 4.79 Å². The van der Waals surface area contributed by atoms with Crippen molar-refractivity contribution in [3.05, 3.63) is 59.7 Å². The molecule has 2 aromatic rings. The summed E-state index contributed by atoms with van der Waals surface area (Å²) in [4.78, 5) is 12.2. The molecule has 0 aromatic heterocycles. The third-order valence-electron chi connectivity index (χ3n) is 3.13. The molecule has 0 saturated carbocycles. The quantitative estimate of drug-likeness (QED) is 0.867. The summed E-state index contributed by atoms with van der Waals surface area (Å²) in [6.45, 7) is 6.29. The first kappa shape index (κ1) is 14.1. The summed E-state index contributed by atoms with van der Waals surface area (Å²) >= 11 is 0. The normalized spacial score (nSPS) is 11.2. The summed E-state index contributed by atoms with van der Waals surface area (Å²) in [6, 6.07) is 14.2. The fourth-order valence-electron chi connectivity index (χ4n) is 2.10. The minimum absolute atomic E-state index is 0.0155. The number of carbonyl (C=O) groups is 1. The predicted molar refractivity (Wildman–Crippen MR) is 81.2 cm³/mol. The molecule has 3 nitrogen and oxygen atoms in total. The first-order chi connectivity index (χ1) is 9.39. The summed E-state index contributed by atoms with van der Waals surface area (Å²) < 4.78 is 0. The number of nitrogens with one attached hydrogen (secondary N) is 1. The molecule has 0 aliphatic carbocycles. The number of anilines is 1. The number of benzene rings is 2. The molecule has 104 valence electrons. The zero-order chi connectivity index (χ0) is 14.8. The number of carbonyl (C=O) groups excluding carboxylic acids is 1. The van der Waals surface area contributed by atoms with Crippen LogP contribution in [0.2, 0.25) is 0 Å². The molecule has 0 spiro atoms. The van der Waals surface area contributed by atoms with Crippen LogP contribution in [0.5, 0.6) is 5.75 Å². The number of amides is 1. The topological polar surface area (TPSA) is 49.3 Å². The average Bonchev–Trinajstić information content (AvgIpc) is 2.38. The lowest BCUT2D eigenvalue weighted by atomic mass is 9.86. The molecular formula is C17H19NO2. The zero-order valence-electron chi connectivity index (χ0n) is 12.0. The van der Waals surface area contributed by atoms with Crippen LogP contribution in [0.1, 0.15) is 36.7 Å². The van der Waals surface area contributed by atoms with E-state index in [2.05, 4.69) is 26.1 Å². The maximum atomic E-state index is 12.2. The van der Waals surface area contributed by atoms with E-state index in [0.717, 1.165) is 11.3 Å². The molecular weight excluding hydrogens is 250 g/mol. The number of phenols is 1. The highest BCUT2D eigenvalue weighted by atomic mass is 16.3. The second kappa shape index (κ2) is 5.37. The molecule has 3 heteroatoms. The van der Waals surface area contributed by atoms with E-state index in [-0.39, 0.29) is 22.6 Å². The summed E-state index contributed by atoms with van der Waals surface area (Å²) in [6.07, 6.45) is 0. The van der Waals surface area contributed by atoms with E-state index in [0.29, 0.717) is 0 Å². The molecule has 2 rings (SSSR count). The molecule has 0 unspecified atom stereocenters. The highest BCUT2D eigenvalue weighted by Crippen LogP contribution is 2.30. The Balaban J connectivity index is 2.32. The first-order valence-corrected chi connectivity index (χ1v) is 6.58. The van der Waals surface area contributed by atoms with Gasteiger partial charge in [0.25, 0.3) is 5.91 Å². The van der Waals surface area contributed by atoms with Crippen LogP contribution in [0.25, 0.3) is 0 Å². The van der Waals surface area contributed by atoms with Crippen LogP contribution in [0.4, 0.5) is 5.69 Å². The van der Waals surface area contributed by atoms with Gasteiger partial charge in [0.05, 0.1) is 5.56 Å². The number of para-hydroxylation sites is 2. The van der Waals surface area contributed by atoms with Crippen LogP contribution in [0.3, 0.4) is 0 Å². The Morgan fingerprint density at radius 3 is 2.25 bits per heavy atom. The Morgan fingerprint density at radius 2 is 1.60 bits per heavy atom. The lowest BCUT2D eigenvalue weighted by Crippen LogP contribution is -2.18. The van der Waals surface area contributed by atoms with Crippen LogP contribution in [0.15, 0.2) is 48.5 Å². The van der Waals surface area contributed by atoms with Crippen LogP contribution in [-0.4, -0.2) is 11.0 Å². The molecule has 0 heterocycles. The van der Waals surface area contributed by atoms with Gasteiger partial charge in [0.1, 0.15) is 5.75 Å². The lowest BCUT2D eigenvalue weighted by Gasteiger charge is -2.23. The van der Waals surface area contributed by atoms with Crippen molar-refractivity contribution in [1.82, 2.24) is 0 Å². The van der Waals surface area contributed by atoms with E-state index in [1.165, 1.54) is 6.07 Å². The first-order valence-electron chi connectivity index (χ1n) is 6.58. The van der Waals surface area contributed by atoms with E-state index in [1.54, 1.807) is 18.2 Å². The molecule has 0 atom stereocenters. The maximum absolute atomic E-state index is 12.2. The summed E-state index contributed by atoms with van der Waals surface area (Å²) in [5, 5.41) is 12.6. The van der Waals surface area contributed by atoms with Crippen molar-refractivity contribution in [3.63, 3.8) is 0 Å². The standard InChI is InChI=1S/C17H19NO2/c1-17(2,3)13-9-5-6-10-14(13)18-16(20)12-8-4-7-11-15(12)19/h4-11,19H,1-3H3,(H,18,20). The van der Waals surface area contributed by atoms with Crippen molar-refractivity contribution in [2.75, 3.05) is 5.32 Å². The average molecular weight is 269 g/mol. The van der Waals surface area contributed by atoms with Gasteiger partial charge < -0.3 is 10.4 Å². The molecule has 0 radical (unpaired) electrons. The smallest absolute Gasteiger partial charge is 0.259 e. The Hall–Kier alpha value is -2.29. The predicted octanol–water partition coefficient (Wildman–Crippen LogP) is 3.94. The Kier molecular flexibility index (Phi) is 3.79. The van der Waals surface area contributed by atoms with E-state index in [4.69, 9.17) is 0 Å². The van der Waals surface area contributed by atoms with Crippen molar-refractivity contribution in [3.8, 4) is 5.75 Å². The molecule has 0 aliphatic rings. The minimum Gasteiger partial charge on any atom is -0.507 e. The number of hydrogen-bond acceptors (Lipinski definition) is 2. The molecule has 2 aromatic carbocycles. The van der Waals surface area contributed by atoms with E-state index in [1.807, 2.05) is 24.3 Å². The van der Waals surface area contributed by atoms with Crippen LogP contribution < -0.4 is 5.32 Å². The van der Waals surface area contributed by atoms with Gasteiger partial charge in [-0.1, -0.05) is 51.1 Å². The molecule has 2 N–H and O–H groups in total. The van der Waals surface area contributed by atoms with Crippen molar-refractivity contribution in [2.24, 2.45) is 0 Å². The van der Waals surface area contributed by atoms with Gasteiger partial charge in [-0.25, -0.2) is 0 Å². The molecule has 20 heavy (non-hydrogen) atoms. The van der Waals surface area contributed by atoms with Crippen LogP contribution in [0, 0.1) is 0 Å². The van der Waals surface area contributed by atoms with Gasteiger partial charge in [-0.05, 0) is 29.2 Å². The van der Waals surface area contributed by atoms with E-state index in [9.17, 15) is 9.90 Å². The van der Waals surface area contributed by atoms with Crippen molar-refractivity contribution >= 4 is 11.6 Å². The summed E-state index contributed by atoms with van der Waals surface area (Å²) in [5.41, 5.74) is 2.04. The summed E-state index contributed by atoms with van der Waals surface area (Å²) in [7, 11) is 0. The second-order valence-electron chi connectivity index (χ2n) is 5.77. The van der Waals surface area contributed by atoms with E-state index >= 15 is 0 Å². The SMILES string of the molecule is CC(C)(C)c1ccccc1NC(=O)c1ccccc1O. The third kappa shape index (κ3) is 2.99. The molecule has 1 amide bonds. The minimum atomic E-state index is -0.306. The van der Waals surface area contributed by atoms with Crippen LogP contribution in [-0.2, 0) is 5.41 Å². The maximum Gasteiger partial charge on any atom is 0.259 e. The number of aromatic hydroxyl groups is 1. The molecule has 0 saturated heterocycles. The van der Waals surface area contributed by atoms with Crippen molar-refractivity contribution in [1.29, 1.82) is 0 Å². The lowest BCUT2D eigenvalue weighted by molar-refractivity contribution is 0.102. The Bertz CT molecular complexity index is 627. The second-order valence-corrected chi connectivity index (χ2v) is 5.77. The Labute approximate surface area is 119 Å². The Morgan fingerprint density at radius 1 is 1.00 bits per heavy atom. The van der Waals surface area contributed by atoms with Crippen molar-refractivity contribution in [2.45, 2.75) is 26.2 Å². The number of hydrogen-bond donors (Lipinski definition) is 2. The van der Waals surface area contributed by atoms with Gasteiger partial charge in [0.15, 0.2) is 0 Å². The van der Waals surface area contributed by atoms with Gasteiger partial charge >= 0.3 is 0 Å². The monoisotopic (exact) mass is 269 g/mol. The molecule has 0 aliphatic heterocycles. The highest BCUT2D eigenvalue weighted by molar-refractivity contribution is 6.06. The molecule has 0 bridgehead atoms. The third-order valence-corrected chi connectivity index (χ3v) is 3.13. The van der Waals surface area contributed by atoms with Gasteiger partial charge in [0.2, 0.25) is 0 Å². The molecule has 0 fully saturated rings. The summed E-state index contributed by atoms with van der Waals surface area (Å²) in [5.74, 6) is -0.321. The van der Waals surface area contributed by atoms with Crippen LogP contribution >= 0.6 is 0 Å². The highest BCUT2D eigenvalue weighted by Gasteiger charge is 2.19. The largest absolute Gasteiger partial charge is 0.507 e. The van der Waals surface area contributed by atoms with Gasteiger partial charge in [-0.2, -0.15) is 0 Å². The van der Waals surface area contributed by atoms with Gasteiger partial charge in [0, 0.05) is 5.69 Å². The fraction of sp³-hybridized carbons (Fsp3) is 0.235. The number of rotatable bonds is 2. The van der Waals surface area contributed by atoms with Crippen molar-refractivity contribution < 1.29 is 9.90 Å². The van der Waals surface area contributed by atoms with Gasteiger partial charge in [-0.15, -0.1) is 0 Å².